The SMILES string of the molecule is CCc1cccnc1C(O)c1c(OC)cnn1C. The Kier molecular flexibility index (Phi) is 3.62. The molecule has 5 nitrogen and oxygen atoms in total. The lowest BCUT2D eigenvalue weighted by Crippen LogP contribution is -2.11. The Morgan fingerprint density at radius 2 is 2.28 bits per heavy atom. The third-order valence-corrected chi connectivity index (χ3v) is 2.99. The molecule has 0 spiro atoms. The molecule has 0 aliphatic heterocycles. The van der Waals surface area contributed by atoms with Crippen LogP contribution >= 0.6 is 0 Å². The second kappa shape index (κ2) is 5.18. The maximum atomic E-state index is 10.5. The van der Waals surface area contributed by atoms with Crippen LogP contribution in [0.25, 0.3) is 0 Å². The largest absolute Gasteiger partial charge is 0.493 e. The Balaban J connectivity index is 2.47. The van der Waals surface area contributed by atoms with Crippen LogP contribution in [0.5, 0.6) is 5.75 Å². The summed E-state index contributed by atoms with van der Waals surface area (Å²) in [6.07, 6.45) is 3.26. The third-order valence-electron chi connectivity index (χ3n) is 2.99. The van der Waals surface area contributed by atoms with Crippen molar-refractivity contribution in [3.05, 3.63) is 41.5 Å². The number of aromatic nitrogens is 3. The fourth-order valence-corrected chi connectivity index (χ4v) is 2.02. The van der Waals surface area contributed by atoms with Crippen LogP contribution in [0, 0.1) is 0 Å². The summed E-state index contributed by atoms with van der Waals surface area (Å²) in [5.41, 5.74) is 2.29. The molecule has 1 unspecified atom stereocenters. The van der Waals surface area contributed by atoms with Crippen LogP contribution in [0.3, 0.4) is 0 Å². The van der Waals surface area contributed by atoms with Gasteiger partial charge in [0.1, 0.15) is 11.8 Å². The molecule has 0 saturated heterocycles. The zero-order valence-electron chi connectivity index (χ0n) is 10.8. The topological polar surface area (TPSA) is 60.2 Å². The van der Waals surface area contributed by atoms with E-state index >= 15 is 0 Å². The number of pyridine rings is 1. The number of hydrogen-bond donors (Lipinski definition) is 1. The molecule has 0 aliphatic rings. The highest BCUT2D eigenvalue weighted by atomic mass is 16.5. The molecule has 0 aliphatic carbocycles. The van der Waals surface area contributed by atoms with Crippen LogP contribution in [0.15, 0.2) is 24.5 Å². The van der Waals surface area contributed by atoms with Crippen molar-refractivity contribution in [2.75, 3.05) is 7.11 Å². The standard InChI is InChI=1S/C13H17N3O2/c1-4-9-6-5-7-14-11(9)13(17)12-10(18-3)8-15-16(12)2/h5-8,13,17H,4H2,1-3H3. The van der Waals surface area contributed by atoms with Gasteiger partial charge in [-0.1, -0.05) is 13.0 Å². The van der Waals surface area contributed by atoms with Crippen LogP contribution in [0.2, 0.25) is 0 Å². The van der Waals surface area contributed by atoms with Gasteiger partial charge in [-0.05, 0) is 18.1 Å². The first-order valence-electron chi connectivity index (χ1n) is 5.86. The predicted octanol–water partition coefficient (Wildman–Crippen LogP) is 1.47. The minimum Gasteiger partial charge on any atom is -0.493 e. The molecule has 96 valence electrons. The van der Waals surface area contributed by atoms with Gasteiger partial charge in [0, 0.05) is 13.2 Å². The van der Waals surface area contributed by atoms with Crippen LogP contribution in [0.4, 0.5) is 0 Å². The van der Waals surface area contributed by atoms with E-state index < -0.39 is 6.10 Å². The number of ether oxygens (including phenoxy) is 1. The monoisotopic (exact) mass is 247 g/mol. The molecule has 5 heteroatoms. The van der Waals surface area contributed by atoms with Gasteiger partial charge in [-0.3, -0.25) is 9.67 Å². The lowest BCUT2D eigenvalue weighted by atomic mass is 10.0. The van der Waals surface area contributed by atoms with Crippen molar-refractivity contribution >= 4 is 0 Å². The maximum Gasteiger partial charge on any atom is 0.163 e. The number of aryl methyl sites for hydroxylation is 2. The van der Waals surface area contributed by atoms with E-state index in [2.05, 4.69) is 10.1 Å². The molecule has 1 N–H and O–H groups in total. The summed E-state index contributed by atoms with van der Waals surface area (Å²) in [6.45, 7) is 2.04. The Morgan fingerprint density at radius 1 is 1.50 bits per heavy atom. The van der Waals surface area contributed by atoms with Crippen molar-refractivity contribution in [1.29, 1.82) is 0 Å². The lowest BCUT2D eigenvalue weighted by molar-refractivity contribution is 0.198. The summed E-state index contributed by atoms with van der Waals surface area (Å²) >= 11 is 0. The van der Waals surface area contributed by atoms with Crippen LogP contribution in [-0.2, 0) is 13.5 Å². The van der Waals surface area contributed by atoms with Gasteiger partial charge in [-0.15, -0.1) is 0 Å². The van der Waals surface area contributed by atoms with E-state index in [4.69, 9.17) is 4.74 Å². The van der Waals surface area contributed by atoms with E-state index in [0.717, 1.165) is 12.0 Å². The highest BCUT2D eigenvalue weighted by Crippen LogP contribution is 2.29. The first-order valence-corrected chi connectivity index (χ1v) is 5.86. The number of nitrogens with zero attached hydrogens (tertiary/aromatic N) is 3. The number of aliphatic hydroxyl groups excluding tert-OH is 1. The highest BCUT2D eigenvalue weighted by Gasteiger charge is 2.22. The fourth-order valence-electron chi connectivity index (χ4n) is 2.02. The molecular weight excluding hydrogens is 230 g/mol. The van der Waals surface area contributed by atoms with Gasteiger partial charge >= 0.3 is 0 Å². The molecule has 0 amide bonds. The van der Waals surface area contributed by atoms with E-state index in [1.807, 2.05) is 19.1 Å². The van der Waals surface area contributed by atoms with Crippen molar-refractivity contribution in [2.24, 2.45) is 7.05 Å². The second-order valence-corrected chi connectivity index (χ2v) is 4.03. The highest BCUT2D eigenvalue weighted by molar-refractivity contribution is 5.35. The number of aliphatic hydroxyl groups is 1. The zero-order valence-corrected chi connectivity index (χ0v) is 10.8. The van der Waals surface area contributed by atoms with Gasteiger partial charge in [-0.2, -0.15) is 5.10 Å². The average molecular weight is 247 g/mol. The molecule has 0 radical (unpaired) electrons. The molecule has 2 aromatic heterocycles. The second-order valence-electron chi connectivity index (χ2n) is 4.03. The zero-order chi connectivity index (χ0) is 13.1. The molecule has 0 bridgehead atoms. The summed E-state index contributed by atoms with van der Waals surface area (Å²) in [4.78, 5) is 4.28. The summed E-state index contributed by atoms with van der Waals surface area (Å²) in [6, 6.07) is 3.84. The summed E-state index contributed by atoms with van der Waals surface area (Å²) in [7, 11) is 3.34. The van der Waals surface area contributed by atoms with E-state index in [9.17, 15) is 5.11 Å². The molecule has 2 aromatic rings. The van der Waals surface area contributed by atoms with E-state index in [0.29, 0.717) is 17.1 Å². The molecule has 1 atom stereocenters. The van der Waals surface area contributed by atoms with Crippen LogP contribution in [-0.4, -0.2) is 27.0 Å². The van der Waals surface area contributed by atoms with E-state index in [1.54, 1.807) is 31.2 Å². The minimum absolute atomic E-state index is 0.567. The number of hydrogen-bond acceptors (Lipinski definition) is 4. The molecule has 0 fully saturated rings. The first kappa shape index (κ1) is 12.6. The Morgan fingerprint density at radius 3 is 2.94 bits per heavy atom. The molecule has 0 saturated carbocycles. The van der Waals surface area contributed by atoms with Crippen molar-refractivity contribution in [2.45, 2.75) is 19.4 Å². The van der Waals surface area contributed by atoms with E-state index in [1.165, 1.54) is 0 Å². The van der Waals surface area contributed by atoms with E-state index in [-0.39, 0.29) is 0 Å². The summed E-state index contributed by atoms with van der Waals surface area (Å²) < 4.78 is 6.82. The third kappa shape index (κ3) is 2.09. The van der Waals surface area contributed by atoms with Crippen LogP contribution in [0.1, 0.15) is 30.0 Å². The Labute approximate surface area is 106 Å². The number of methoxy groups -OCH3 is 1. The quantitative estimate of drug-likeness (QED) is 0.888. The molecule has 2 heterocycles. The van der Waals surface area contributed by atoms with Crippen LogP contribution < -0.4 is 4.74 Å². The average Bonchev–Trinajstić information content (AvgIpc) is 2.79. The van der Waals surface area contributed by atoms with Crippen molar-refractivity contribution in [3.63, 3.8) is 0 Å². The molecular formula is C13H17N3O2. The van der Waals surface area contributed by atoms with Gasteiger partial charge in [0.15, 0.2) is 5.75 Å². The lowest BCUT2D eigenvalue weighted by Gasteiger charge is -2.15. The predicted molar refractivity (Wildman–Crippen MR) is 67.4 cm³/mol. The van der Waals surface area contributed by atoms with Gasteiger partial charge in [0.2, 0.25) is 0 Å². The summed E-state index contributed by atoms with van der Waals surface area (Å²) in [5, 5.41) is 14.6. The Bertz CT molecular complexity index is 537. The fraction of sp³-hybridized carbons (Fsp3) is 0.385. The Hall–Kier alpha value is -1.88. The molecule has 0 aromatic carbocycles. The van der Waals surface area contributed by atoms with Gasteiger partial charge in [0.25, 0.3) is 0 Å². The smallest absolute Gasteiger partial charge is 0.163 e. The maximum absolute atomic E-state index is 10.5. The number of rotatable bonds is 4. The normalized spacial score (nSPS) is 12.4. The van der Waals surface area contributed by atoms with Gasteiger partial charge in [0.05, 0.1) is 19.0 Å². The van der Waals surface area contributed by atoms with Gasteiger partial charge < -0.3 is 9.84 Å². The van der Waals surface area contributed by atoms with Crippen molar-refractivity contribution < 1.29 is 9.84 Å². The minimum atomic E-state index is -0.830. The van der Waals surface area contributed by atoms with Crippen molar-refractivity contribution in [3.8, 4) is 5.75 Å². The first-order chi connectivity index (χ1) is 8.69. The van der Waals surface area contributed by atoms with Crippen molar-refractivity contribution in [1.82, 2.24) is 14.8 Å². The summed E-state index contributed by atoms with van der Waals surface area (Å²) in [5.74, 6) is 0.567. The molecule has 2 rings (SSSR count). The van der Waals surface area contributed by atoms with Gasteiger partial charge in [-0.25, -0.2) is 0 Å². The molecule has 18 heavy (non-hydrogen) atoms.